The average molecular weight is 483 g/mol. The molecule has 0 aliphatic carbocycles. The third-order valence-electron chi connectivity index (χ3n) is 6.34. The zero-order valence-electron chi connectivity index (χ0n) is 20.6. The average Bonchev–Trinajstić information content (AvgIpc) is 2.91. The molecule has 1 aliphatic rings. The Morgan fingerprint density at radius 1 is 0.861 bits per heavy atom. The maximum Gasteiger partial charge on any atom is 0.259 e. The molecule has 184 valence electrons. The number of aryl methyl sites for hydroxylation is 1. The van der Waals surface area contributed by atoms with E-state index in [9.17, 15) is 4.79 Å². The van der Waals surface area contributed by atoms with Gasteiger partial charge in [-0.1, -0.05) is 48.5 Å². The van der Waals surface area contributed by atoms with Crippen molar-refractivity contribution in [2.24, 2.45) is 0 Å². The first-order chi connectivity index (χ1) is 17.6. The van der Waals surface area contributed by atoms with Gasteiger partial charge >= 0.3 is 0 Å². The molecule has 0 N–H and O–H groups in total. The zero-order valence-corrected chi connectivity index (χ0v) is 20.6. The maximum atomic E-state index is 13.7. The molecule has 7 heteroatoms. The monoisotopic (exact) mass is 482 g/mol. The first-order valence-electron chi connectivity index (χ1n) is 12.1. The molecular weight excluding hydrogens is 452 g/mol. The predicted octanol–water partition coefficient (Wildman–Crippen LogP) is 4.95. The lowest BCUT2D eigenvalue weighted by molar-refractivity contribution is 0.121. The van der Waals surface area contributed by atoms with Crippen molar-refractivity contribution < 1.29 is 9.47 Å². The minimum Gasteiger partial charge on any atom is -0.457 e. The Hall–Kier alpha value is -3.94. The number of rotatable bonds is 8. The maximum absolute atomic E-state index is 13.7. The van der Waals surface area contributed by atoms with Crippen LogP contribution in [0.15, 0.2) is 89.7 Å². The number of fused-ring (bicyclic) bond motifs is 1. The van der Waals surface area contributed by atoms with Gasteiger partial charge in [-0.15, -0.1) is 0 Å². The molecule has 0 unspecified atom stereocenters. The molecule has 2 heterocycles. The number of hydrogen-bond donors (Lipinski definition) is 0. The highest BCUT2D eigenvalue weighted by atomic mass is 16.5. The number of nitrogens with zero attached hydrogens (tertiary/aromatic N) is 4. The van der Waals surface area contributed by atoms with E-state index in [2.05, 4.69) is 9.80 Å². The Morgan fingerprint density at radius 3 is 2.22 bits per heavy atom. The minimum absolute atomic E-state index is 0.00231. The van der Waals surface area contributed by atoms with Crippen molar-refractivity contribution in [3.8, 4) is 11.5 Å². The summed E-state index contributed by atoms with van der Waals surface area (Å²) in [5.74, 6) is 2.19. The van der Waals surface area contributed by atoms with Crippen molar-refractivity contribution in [1.82, 2.24) is 14.5 Å². The van der Waals surface area contributed by atoms with Crippen LogP contribution in [0.2, 0.25) is 0 Å². The summed E-state index contributed by atoms with van der Waals surface area (Å²) < 4.78 is 13.1. The summed E-state index contributed by atoms with van der Waals surface area (Å²) in [6.07, 6.45) is 0.558. The summed E-state index contributed by atoms with van der Waals surface area (Å²) in [5.41, 5.74) is 3.52. The third kappa shape index (κ3) is 5.17. The fourth-order valence-electron chi connectivity index (χ4n) is 4.41. The molecule has 1 aromatic heterocycles. The van der Waals surface area contributed by atoms with Crippen molar-refractivity contribution in [3.63, 3.8) is 0 Å². The van der Waals surface area contributed by atoms with Crippen LogP contribution in [0.3, 0.4) is 0 Å². The first-order valence-corrected chi connectivity index (χ1v) is 12.1. The molecule has 0 fully saturated rings. The van der Waals surface area contributed by atoms with E-state index in [1.54, 1.807) is 11.7 Å². The summed E-state index contributed by atoms with van der Waals surface area (Å²) in [6.45, 7) is 4.28. The molecule has 0 radical (unpaired) electrons. The van der Waals surface area contributed by atoms with Crippen molar-refractivity contribution >= 4 is 11.6 Å². The summed E-state index contributed by atoms with van der Waals surface area (Å²) >= 11 is 0. The van der Waals surface area contributed by atoms with Crippen molar-refractivity contribution in [2.75, 3.05) is 31.8 Å². The van der Waals surface area contributed by atoms with Crippen LogP contribution in [-0.2, 0) is 17.8 Å². The number of para-hydroxylation sites is 1. The normalized spacial score (nSPS) is 13.4. The molecule has 1 aliphatic heterocycles. The van der Waals surface area contributed by atoms with Crippen LogP contribution in [0, 0.1) is 6.92 Å². The van der Waals surface area contributed by atoms with Gasteiger partial charge < -0.3 is 9.47 Å². The lowest BCUT2D eigenvalue weighted by Gasteiger charge is -2.38. The van der Waals surface area contributed by atoms with Gasteiger partial charge in [-0.05, 0) is 48.9 Å². The number of aromatic nitrogens is 2. The van der Waals surface area contributed by atoms with E-state index in [1.165, 1.54) is 0 Å². The largest absolute Gasteiger partial charge is 0.457 e. The Balaban J connectivity index is 1.48. The van der Waals surface area contributed by atoms with E-state index in [0.717, 1.165) is 34.0 Å². The Morgan fingerprint density at radius 2 is 1.53 bits per heavy atom. The van der Waals surface area contributed by atoms with Crippen LogP contribution in [0.4, 0.5) is 11.6 Å². The molecule has 5 rings (SSSR count). The highest BCUT2D eigenvalue weighted by molar-refractivity contribution is 5.60. The summed E-state index contributed by atoms with van der Waals surface area (Å²) in [5, 5.41) is 0. The molecular formula is C29H30N4O3. The van der Waals surface area contributed by atoms with Crippen molar-refractivity contribution in [3.05, 3.63) is 112 Å². The Kier molecular flexibility index (Phi) is 7.11. The highest BCUT2D eigenvalue weighted by Crippen LogP contribution is 2.30. The van der Waals surface area contributed by atoms with Crippen LogP contribution < -0.4 is 15.2 Å². The SMILES string of the molecule is COCCN1CN(c2ccc(Oc3ccccc3)cc2)c2nc(C)c(Cc3ccccc3)c(=O)n2C1. The third-order valence-corrected chi connectivity index (χ3v) is 6.34. The number of hydrogen-bond acceptors (Lipinski definition) is 6. The van der Waals surface area contributed by atoms with E-state index >= 15 is 0 Å². The highest BCUT2D eigenvalue weighted by Gasteiger charge is 2.28. The fraction of sp³-hybridized carbons (Fsp3) is 0.241. The lowest BCUT2D eigenvalue weighted by Crippen LogP contribution is -2.48. The smallest absolute Gasteiger partial charge is 0.259 e. The molecule has 4 aromatic rings. The summed E-state index contributed by atoms with van der Waals surface area (Å²) in [4.78, 5) is 22.9. The van der Waals surface area contributed by atoms with E-state index < -0.39 is 0 Å². The topological polar surface area (TPSA) is 59.8 Å². The second-order valence-corrected chi connectivity index (χ2v) is 8.88. The van der Waals surface area contributed by atoms with Gasteiger partial charge in [0, 0.05) is 31.3 Å². The van der Waals surface area contributed by atoms with Gasteiger partial charge in [0.05, 0.1) is 25.6 Å². The van der Waals surface area contributed by atoms with Gasteiger partial charge in [-0.2, -0.15) is 0 Å². The Labute approximate surface area is 211 Å². The molecule has 0 bridgehead atoms. The molecule has 36 heavy (non-hydrogen) atoms. The number of methoxy groups -OCH3 is 1. The van der Waals surface area contributed by atoms with Crippen LogP contribution in [0.25, 0.3) is 0 Å². The molecule has 3 aromatic carbocycles. The van der Waals surface area contributed by atoms with Gasteiger partial charge in [0.25, 0.3) is 5.56 Å². The van der Waals surface area contributed by atoms with Gasteiger partial charge in [0.1, 0.15) is 11.5 Å². The van der Waals surface area contributed by atoms with Crippen LogP contribution in [-0.4, -0.2) is 41.4 Å². The van der Waals surface area contributed by atoms with Crippen LogP contribution >= 0.6 is 0 Å². The van der Waals surface area contributed by atoms with Gasteiger partial charge in [0.15, 0.2) is 0 Å². The van der Waals surface area contributed by atoms with E-state index in [1.807, 2.05) is 91.9 Å². The molecule has 0 amide bonds. The van der Waals surface area contributed by atoms with E-state index in [4.69, 9.17) is 14.5 Å². The van der Waals surface area contributed by atoms with E-state index in [-0.39, 0.29) is 5.56 Å². The van der Waals surface area contributed by atoms with Gasteiger partial charge in [-0.3, -0.25) is 19.2 Å². The fourth-order valence-corrected chi connectivity index (χ4v) is 4.41. The zero-order chi connectivity index (χ0) is 24.9. The van der Waals surface area contributed by atoms with E-state index in [0.29, 0.717) is 38.9 Å². The predicted molar refractivity (Wildman–Crippen MR) is 141 cm³/mol. The van der Waals surface area contributed by atoms with Crippen LogP contribution in [0.1, 0.15) is 16.8 Å². The second kappa shape index (κ2) is 10.8. The number of benzene rings is 3. The van der Waals surface area contributed by atoms with Crippen LogP contribution in [0.5, 0.6) is 11.5 Å². The Bertz CT molecular complexity index is 1360. The first kappa shape index (κ1) is 23.8. The molecule has 0 saturated heterocycles. The molecule has 0 atom stereocenters. The standard InChI is InChI=1S/C29H30N4O3/c1-22-27(19-23-9-5-3-6-10-23)28(34)33-21-31(17-18-35-2)20-32(29(33)30-22)24-13-15-26(16-14-24)36-25-11-7-4-8-12-25/h3-16H,17-21H2,1-2H3. The number of ether oxygens (including phenoxy) is 2. The summed E-state index contributed by atoms with van der Waals surface area (Å²) in [6, 6.07) is 27.6. The summed E-state index contributed by atoms with van der Waals surface area (Å²) in [7, 11) is 1.69. The lowest BCUT2D eigenvalue weighted by atomic mass is 10.1. The molecule has 7 nitrogen and oxygen atoms in total. The van der Waals surface area contributed by atoms with Crippen molar-refractivity contribution in [1.29, 1.82) is 0 Å². The molecule has 0 saturated carbocycles. The quantitative estimate of drug-likeness (QED) is 0.354. The number of anilines is 2. The minimum atomic E-state index is -0.00231. The molecule has 0 spiro atoms. The second-order valence-electron chi connectivity index (χ2n) is 8.88. The van der Waals surface area contributed by atoms with Crippen molar-refractivity contribution in [2.45, 2.75) is 20.0 Å². The van der Waals surface area contributed by atoms with Gasteiger partial charge in [0.2, 0.25) is 5.95 Å². The van der Waals surface area contributed by atoms with Gasteiger partial charge in [-0.25, -0.2) is 4.98 Å².